The molecule has 0 atom stereocenters. The molecule has 1 fully saturated rings. The van der Waals surface area contributed by atoms with Gasteiger partial charge in [-0.25, -0.2) is 0 Å². The molecule has 0 unspecified atom stereocenters. The Hall–Kier alpha value is -1.75. The van der Waals surface area contributed by atoms with E-state index in [1.54, 1.807) is 12.1 Å². The maximum atomic E-state index is 12.1. The monoisotopic (exact) mass is 290 g/mol. The minimum Gasteiger partial charge on any atom is -0.389 e. The first-order valence-corrected chi connectivity index (χ1v) is 6.91. The largest absolute Gasteiger partial charge is 0.389 e. The van der Waals surface area contributed by atoms with Crippen LogP contribution in [0.15, 0.2) is 24.3 Å². The predicted molar refractivity (Wildman–Crippen MR) is 80.9 cm³/mol. The normalized spacial score (nSPS) is 18.2. The van der Waals surface area contributed by atoms with Gasteiger partial charge in [-0.15, -0.1) is 0 Å². The minimum absolute atomic E-state index is 0.107. The van der Waals surface area contributed by atoms with Crippen molar-refractivity contribution in [2.45, 2.75) is 33.2 Å². The zero-order valence-corrected chi connectivity index (χ0v) is 12.5. The fraction of sp³-hybridized carbons (Fsp3) is 0.400. The van der Waals surface area contributed by atoms with E-state index in [0.717, 1.165) is 11.1 Å². The van der Waals surface area contributed by atoms with Crippen molar-refractivity contribution in [1.82, 2.24) is 4.90 Å². The van der Waals surface area contributed by atoms with Gasteiger partial charge in [-0.3, -0.25) is 14.5 Å². The molecule has 20 heavy (non-hydrogen) atoms. The Kier molecular flexibility index (Phi) is 3.90. The summed E-state index contributed by atoms with van der Waals surface area (Å²) in [7, 11) is 0. The lowest BCUT2D eigenvalue weighted by atomic mass is 9.81. The van der Waals surface area contributed by atoms with E-state index in [4.69, 9.17) is 18.0 Å². The maximum Gasteiger partial charge on any atom is 0.230 e. The van der Waals surface area contributed by atoms with Crippen molar-refractivity contribution in [2.24, 2.45) is 11.1 Å². The van der Waals surface area contributed by atoms with Crippen LogP contribution in [-0.4, -0.2) is 21.7 Å². The number of carbonyl (C=O) groups excluding carboxylic acids is 2. The molecule has 2 amide bonds. The van der Waals surface area contributed by atoms with Gasteiger partial charge in [-0.2, -0.15) is 0 Å². The molecule has 1 heterocycles. The average molecular weight is 290 g/mol. The van der Waals surface area contributed by atoms with Gasteiger partial charge in [0.05, 0.1) is 6.54 Å². The van der Waals surface area contributed by atoms with Crippen molar-refractivity contribution in [3.63, 3.8) is 0 Å². The summed E-state index contributed by atoms with van der Waals surface area (Å²) >= 11 is 4.89. The van der Waals surface area contributed by atoms with Gasteiger partial charge < -0.3 is 5.73 Å². The highest BCUT2D eigenvalue weighted by atomic mass is 32.1. The molecule has 0 saturated carbocycles. The molecular formula is C15H18N2O2S. The highest BCUT2D eigenvalue weighted by Gasteiger charge is 2.37. The van der Waals surface area contributed by atoms with Crippen LogP contribution in [-0.2, 0) is 16.1 Å². The van der Waals surface area contributed by atoms with Crippen molar-refractivity contribution in [1.29, 1.82) is 0 Å². The SMILES string of the molecule is CC1(C)CC(=O)N(Cc2ccc(C(N)=S)cc2)C(=O)C1. The van der Waals surface area contributed by atoms with E-state index >= 15 is 0 Å². The Morgan fingerprint density at radius 1 is 1.20 bits per heavy atom. The molecule has 1 aromatic carbocycles. The molecule has 0 aromatic heterocycles. The van der Waals surface area contributed by atoms with Crippen LogP contribution in [0.4, 0.5) is 0 Å². The van der Waals surface area contributed by atoms with Gasteiger partial charge in [0.2, 0.25) is 11.8 Å². The number of nitrogens with two attached hydrogens (primary N) is 1. The number of rotatable bonds is 3. The van der Waals surface area contributed by atoms with Crippen molar-refractivity contribution >= 4 is 29.0 Å². The Morgan fingerprint density at radius 3 is 2.15 bits per heavy atom. The Labute approximate surface area is 123 Å². The second-order valence-corrected chi connectivity index (χ2v) is 6.39. The number of imide groups is 1. The van der Waals surface area contributed by atoms with E-state index in [9.17, 15) is 9.59 Å². The Bertz CT molecular complexity index is 544. The minimum atomic E-state index is -0.236. The maximum absolute atomic E-state index is 12.1. The molecule has 2 N–H and O–H groups in total. The fourth-order valence-corrected chi connectivity index (χ4v) is 2.48. The first-order valence-electron chi connectivity index (χ1n) is 6.50. The lowest BCUT2D eigenvalue weighted by molar-refractivity contribution is -0.153. The van der Waals surface area contributed by atoms with Crippen LogP contribution in [0.5, 0.6) is 0 Å². The molecule has 0 bridgehead atoms. The van der Waals surface area contributed by atoms with Crippen LogP contribution < -0.4 is 5.73 Å². The van der Waals surface area contributed by atoms with Gasteiger partial charge in [0, 0.05) is 18.4 Å². The number of hydrogen-bond donors (Lipinski definition) is 1. The molecule has 1 aromatic rings. The highest BCUT2D eigenvalue weighted by molar-refractivity contribution is 7.80. The van der Waals surface area contributed by atoms with Gasteiger partial charge in [-0.05, 0) is 11.0 Å². The Morgan fingerprint density at radius 2 is 1.70 bits per heavy atom. The number of thiocarbonyl (C=S) groups is 1. The zero-order chi connectivity index (χ0) is 14.9. The van der Waals surface area contributed by atoms with Crippen LogP contribution in [0.1, 0.15) is 37.8 Å². The quantitative estimate of drug-likeness (QED) is 0.683. The molecule has 5 heteroatoms. The van der Waals surface area contributed by atoms with E-state index in [1.165, 1.54) is 4.90 Å². The predicted octanol–water partition coefficient (Wildman–Crippen LogP) is 2.00. The summed E-state index contributed by atoms with van der Waals surface area (Å²) in [6.07, 6.45) is 0.813. The van der Waals surface area contributed by atoms with Gasteiger partial charge in [0.25, 0.3) is 0 Å². The molecule has 1 saturated heterocycles. The second kappa shape index (κ2) is 5.32. The molecule has 1 aliphatic heterocycles. The summed E-state index contributed by atoms with van der Waals surface area (Å²) in [5.41, 5.74) is 6.97. The van der Waals surface area contributed by atoms with Crippen molar-refractivity contribution in [3.8, 4) is 0 Å². The van der Waals surface area contributed by atoms with Crippen LogP contribution >= 0.6 is 12.2 Å². The van der Waals surface area contributed by atoms with Gasteiger partial charge in [0.15, 0.2) is 0 Å². The molecule has 0 radical (unpaired) electrons. The first kappa shape index (κ1) is 14.7. The summed E-state index contributed by atoms with van der Waals surface area (Å²) in [4.78, 5) is 25.8. The van der Waals surface area contributed by atoms with E-state index in [1.807, 2.05) is 26.0 Å². The molecule has 2 rings (SSSR count). The third-order valence-corrected chi connectivity index (χ3v) is 3.68. The summed E-state index contributed by atoms with van der Waals surface area (Å²) in [6.45, 7) is 4.19. The molecular weight excluding hydrogens is 272 g/mol. The zero-order valence-electron chi connectivity index (χ0n) is 11.7. The number of carbonyl (C=O) groups is 2. The standard InChI is InChI=1S/C15H18N2O2S/c1-15(2)7-12(18)17(13(19)8-15)9-10-3-5-11(6-4-10)14(16)20/h3-6H,7-9H2,1-2H3,(H2,16,20). The smallest absolute Gasteiger partial charge is 0.230 e. The lowest BCUT2D eigenvalue weighted by Gasteiger charge is -2.34. The van der Waals surface area contributed by atoms with Crippen LogP contribution in [0, 0.1) is 5.41 Å². The topological polar surface area (TPSA) is 63.4 Å². The van der Waals surface area contributed by atoms with Crippen LogP contribution in [0.25, 0.3) is 0 Å². The highest BCUT2D eigenvalue weighted by Crippen LogP contribution is 2.32. The fourth-order valence-electron chi connectivity index (χ4n) is 2.34. The number of likely N-dealkylation sites (tertiary alicyclic amines) is 1. The van der Waals surface area contributed by atoms with Crippen molar-refractivity contribution in [3.05, 3.63) is 35.4 Å². The summed E-state index contributed by atoms with van der Waals surface area (Å²) in [5.74, 6) is -0.214. The summed E-state index contributed by atoms with van der Waals surface area (Å²) in [6, 6.07) is 7.30. The first-order chi connectivity index (χ1) is 9.28. The molecule has 1 aliphatic rings. The van der Waals surface area contributed by atoms with Crippen LogP contribution in [0.3, 0.4) is 0 Å². The molecule has 106 valence electrons. The van der Waals surface area contributed by atoms with E-state index in [0.29, 0.717) is 24.4 Å². The number of amides is 2. The molecule has 4 nitrogen and oxygen atoms in total. The third-order valence-electron chi connectivity index (χ3n) is 3.44. The summed E-state index contributed by atoms with van der Waals surface area (Å²) < 4.78 is 0. The number of nitrogens with zero attached hydrogens (tertiary/aromatic N) is 1. The summed E-state index contributed by atoms with van der Waals surface area (Å²) in [5, 5.41) is 0. The Balaban J connectivity index is 2.11. The third kappa shape index (κ3) is 3.22. The van der Waals surface area contributed by atoms with E-state index < -0.39 is 0 Å². The number of piperidine rings is 1. The van der Waals surface area contributed by atoms with Gasteiger partial charge in [-0.1, -0.05) is 50.3 Å². The van der Waals surface area contributed by atoms with Crippen molar-refractivity contribution < 1.29 is 9.59 Å². The van der Waals surface area contributed by atoms with E-state index in [-0.39, 0.29) is 17.2 Å². The second-order valence-electron chi connectivity index (χ2n) is 5.95. The van der Waals surface area contributed by atoms with Crippen LogP contribution in [0.2, 0.25) is 0 Å². The average Bonchev–Trinajstić information content (AvgIpc) is 2.33. The van der Waals surface area contributed by atoms with Crippen molar-refractivity contribution in [2.75, 3.05) is 0 Å². The number of benzene rings is 1. The van der Waals surface area contributed by atoms with Gasteiger partial charge in [0.1, 0.15) is 4.99 Å². The van der Waals surface area contributed by atoms with Gasteiger partial charge >= 0.3 is 0 Å². The lowest BCUT2D eigenvalue weighted by Crippen LogP contribution is -2.45. The molecule has 0 aliphatic carbocycles. The van der Waals surface area contributed by atoms with E-state index in [2.05, 4.69) is 0 Å². The molecule has 0 spiro atoms. The number of hydrogen-bond acceptors (Lipinski definition) is 3.